The second-order valence-corrected chi connectivity index (χ2v) is 8.79. The van der Waals surface area contributed by atoms with E-state index in [2.05, 4.69) is 12.1 Å². The first-order chi connectivity index (χ1) is 14.3. The van der Waals surface area contributed by atoms with Crippen LogP contribution >= 0.6 is 11.8 Å². The Morgan fingerprint density at radius 2 is 1.62 bits per heavy atom. The van der Waals surface area contributed by atoms with Crippen LogP contribution in [0.2, 0.25) is 0 Å². The van der Waals surface area contributed by atoms with Crippen LogP contribution in [0.15, 0.2) is 65.8 Å². The summed E-state index contributed by atoms with van der Waals surface area (Å²) in [4.78, 5) is 20.2. The molecule has 2 heterocycles. The van der Waals surface area contributed by atoms with Crippen LogP contribution in [0.4, 0.5) is 0 Å². The number of rotatable bonds is 6. The minimum atomic E-state index is -0.312. The minimum absolute atomic E-state index is 0.169. The van der Waals surface area contributed by atoms with Crippen molar-refractivity contribution < 1.29 is 4.79 Å². The summed E-state index contributed by atoms with van der Waals surface area (Å²) in [7, 11) is 0. The van der Waals surface area contributed by atoms with Gasteiger partial charge in [0, 0.05) is 19.0 Å². The predicted octanol–water partition coefficient (Wildman–Crippen LogP) is 4.60. The van der Waals surface area contributed by atoms with Crippen LogP contribution in [-0.4, -0.2) is 38.7 Å². The van der Waals surface area contributed by atoms with Crippen LogP contribution in [0.1, 0.15) is 48.2 Å². The zero-order chi connectivity index (χ0) is 19.6. The molecule has 0 spiro atoms. The molecule has 29 heavy (non-hydrogen) atoms. The fraction of sp³-hybridized carbons (Fsp3) is 0.348. The molecule has 1 amide bonds. The van der Waals surface area contributed by atoms with Gasteiger partial charge in [0.05, 0.1) is 5.69 Å². The van der Waals surface area contributed by atoms with Crippen molar-refractivity contribution in [2.45, 2.75) is 42.0 Å². The van der Waals surface area contributed by atoms with Gasteiger partial charge in [0.15, 0.2) is 0 Å². The Morgan fingerprint density at radius 1 is 0.966 bits per heavy atom. The first-order valence-corrected chi connectivity index (χ1v) is 11.2. The second kappa shape index (κ2) is 8.03. The van der Waals surface area contributed by atoms with Crippen molar-refractivity contribution in [3.63, 3.8) is 0 Å². The first kappa shape index (κ1) is 18.4. The Hall–Kier alpha value is -2.60. The average Bonchev–Trinajstić information content (AvgIpc) is 3.30. The molecule has 2 aliphatic rings. The molecule has 0 unspecified atom stereocenters. The molecule has 6 heteroatoms. The highest BCUT2D eigenvalue weighted by molar-refractivity contribution is 8.00. The summed E-state index contributed by atoms with van der Waals surface area (Å²) in [5.74, 6) is 1.66. The molecule has 0 bridgehead atoms. The van der Waals surface area contributed by atoms with Gasteiger partial charge < -0.3 is 4.90 Å². The number of carbonyl (C=O) groups is 1. The van der Waals surface area contributed by atoms with Crippen LogP contribution in [0.5, 0.6) is 0 Å². The molecule has 2 fully saturated rings. The van der Waals surface area contributed by atoms with Crippen molar-refractivity contribution in [2.24, 2.45) is 0 Å². The number of benzene rings is 2. The normalized spacial score (nSPS) is 17.4. The number of likely N-dealkylation sites (tertiary alicyclic amines) is 1. The number of carbonyl (C=O) groups excluding carboxylic acids is 1. The fourth-order valence-electron chi connectivity index (χ4n) is 3.82. The van der Waals surface area contributed by atoms with Gasteiger partial charge in [-0.2, -0.15) is 0 Å². The molecule has 148 valence electrons. The Labute approximate surface area is 175 Å². The van der Waals surface area contributed by atoms with E-state index < -0.39 is 0 Å². The molecule has 1 atom stereocenters. The molecule has 1 aliphatic carbocycles. The fourth-order valence-corrected chi connectivity index (χ4v) is 4.85. The van der Waals surface area contributed by atoms with Crippen molar-refractivity contribution >= 4 is 17.7 Å². The van der Waals surface area contributed by atoms with Gasteiger partial charge in [-0.15, -0.1) is 5.10 Å². The highest BCUT2D eigenvalue weighted by atomic mass is 32.2. The summed E-state index contributed by atoms with van der Waals surface area (Å²) in [6.45, 7) is 1.70. The van der Waals surface area contributed by atoms with Gasteiger partial charge in [-0.05, 0) is 43.4 Å². The summed E-state index contributed by atoms with van der Waals surface area (Å²) in [5.41, 5.74) is 2.04. The number of aromatic nitrogens is 3. The van der Waals surface area contributed by atoms with Crippen molar-refractivity contribution in [1.29, 1.82) is 0 Å². The standard InChI is InChI=1S/C23H24N4OS/c28-22(26-15-7-8-16-26)20(17-9-3-1-4-10-17)29-23-24-21(18-13-14-18)27(25-23)19-11-5-2-6-12-19/h1-6,9-12,18,20H,7-8,13-16H2/t20-/m0/s1. The lowest BCUT2D eigenvalue weighted by Crippen LogP contribution is -2.31. The Morgan fingerprint density at radius 3 is 2.28 bits per heavy atom. The first-order valence-electron chi connectivity index (χ1n) is 10.3. The van der Waals surface area contributed by atoms with Crippen LogP contribution in [0.25, 0.3) is 5.69 Å². The van der Waals surface area contributed by atoms with E-state index in [-0.39, 0.29) is 11.2 Å². The Balaban J connectivity index is 1.48. The molecule has 1 aliphatic heterocycles. The molecule has 5 nitrogen and oxygen atoms in total. The number of thioether (sulfide) groups is 1. The van der Waals surface area contributed by atoms with Crippen LogP contribution in [0.3, 0.4) is 0 Å². The SMILES string of the molecule is O=C([C@@H](Sc1nc(C2CC2)n(-c2ccccc2)n1)c1ccccc1)N1CCCC1. The van der Waals surface area contributed by atoms with Gasteiger partial charge in [-0.25, -0.2) is 9.67 Å². The van der Waals surface area contributed by atoms with Gasteiger partial charge in [-0.1, -0.05) is 60.3 Å². The predicted molar refractivity (Wildman–Crippen MR) is 114 cm³/mol. The maximum atomic E-state index is 13.3. The lowest BCUT2D eigenvalue weighted by molar-refractivity contribution is -0.129. The van der Waals surface area contributed by atoms with E-state index in [9.17, 15) is 4.79 Å². The molecule has 0 N–H and O–H groups in total. The van der Waals surface area contributed by atoms with E-state index in [1.165, 1.54) is 11.8 Å². The molecule has 5 rings (SSSR count). The summed E-state index contributed by atoms with van der Waals surface area (Å²) < 4.78 is 1.96. The van der Waals surface area contributed by atoms with E-state index >= 15 is 0 Å². The number of para-hydroxylation sites is 1. The Kier molecular flexibility index (Phi) is 5.10. The van der Waals surface area contributed by atoms with Gasteiger partial charge in [0.25, 0.3) is 0 Å². The van der Waals surface area contributed by atoms with Crippen LogP contribution < -0.4 is 0 Å². The molecule has 1 saturated carbocycles. The topological polar surface area (TPSA) is 51.0 Å². The Bertz CT molecular complexity index is 979. The van der Waals surface area contributed by atoms with Crippen LogP contribution in [-0.2, 0) is 4.79 Å². The lowest BCUT2D eigenvalue weighted by atomic mass is 10.1. The molecule has 2 aromatic carbocycles. The van der Waals surface area contributed by atoms with E-state index in [4.69, 9.17) is 10.1 Å². The van der Waals surface area contributed by atoms with Gasteiger partial charge in [0.1, 0.15) is 11.1 Å². The third-order valence-electron chi connectivity index (χ3n) is 5.52. The number of hydrogen-bond donors (Lipinski definition) is 0. The zero-order valence-electron chi connectivity index (χ0n) is 16.3. The second-order valence-electron chi connectivity index (χ2n) is 7.72. The highest BCUT2D eigenvalue weighted by Gasteiger charge is 2.33. The molecule has 1 saturated heterocycles. The number of hydrogen-bond acceptors (Lipinski definition) is 4. The summed E-state index contributed by atoms with van der Waals surface area (Å²) >= 11 is 1.48. The van der Waals surface area contributed by atoms with Gasteiger partial charge in [0.2, 0.25) is 11.1 Å². The third kappa shape index (κ3) is 3.94. The van der Waals surface area contributed by atoms with Crippen molar-refractivity contribution in [2.75, 3.05) is 13.1 Å². The summed E-state index contributed by atoms with van der Waals surface area (Å²) in [5, 5.41) is 5.18. The van der Waals surface area contributed by atoms with E-state index in [1.807, 2.05) is 58.1 Å². The molecular weight excluding hydrogens is 380 g/mol. The highest BCUT2D eigenvalue weighted by Crippen LogP contribution is 2.42. The number of nitrogens with zero attached hydrogens (tertiary/aromatic N) is 4. The summed E-state index contributed by atoms with van der Waals surface area (Å²) in [6.07, 6.45) is 4.49. The van der Waals surface area contributed by atoms with E-state index in [0.717, 1.165) is 55.8 Å². The average molecular weight is 405 g/mol. The molecule has 3 aromatic rings. The van der Waals surface area contributed by atoms with Gasteiger partial charge >= 0.3 is 0 Å². The quantitative estimate of drug-likeness (QED) is 0.564. The van der Waals surface area contributed by atoms with E-state index in [0.29, 0.717) is 11.1 Å². The largest absolute Gasteiger partial charge is 0.341 e. The van der Waals surface area contributed by atoms with Gasteiger partial charge in [-0.3, -0.25) is 4.79 Å². The van der Waals surface area contributed by atoms with Crippen molar-refractivity contribution in [1.82, 2.24) is 19.7 Å². The maximum absolute atomic E-state index is 13.3. The third-order valence-corrected chi connectivity index (χ3v) is 6.62. The maximum Gasteiger partial charge on any atom is 0.240 e. The van der Waals surface area contributed by atoms with Crippen molar-refractivity contribution in [3.05, 3.63) is 72.1 Å². The number of amides is 1. The lowest BCUT2D eigenvalue weighted by Gasteiger charge is -2.22. The monoisotopic (exact) mass is 404 g/mol. The minimum Gasteiger partial charge on any atom is -0.341 e. The van der Waals surface area contributed by atoms with E-state index in [1.54, 1.807) is 0 Å². The molecule has 1 aromatic heterocycles. The van der Waals surface area contributed by atoms with Crippen molar-refractivity contribution in [3.8, 4) is 5.69 Å². The summed E-state index contributed by atoms with van der Waals surface area (Å²) in [6, 6.07) is 20.2. The zero-order valence-corrected chi connectivity index (χ0v) is 17.1. The van der Waals surface area contributed by atoms with Crippen LogP contribution in [0, 0.1) is 0 Å². The molecular formula is C23H24N4OS. The molecule has 0 radical (unpaired) electrons. The smallest absolute Gasteiger partial charge is 0.240 e.